The molecule has 2 N–H and O–H groups in total. The van der Waals surface area contributed by atoms with Crippen molar-refractivity contribution in [3.8, 4) is 0 Å². The van der Waals surface area contributed by atoms with Gasteiger partial charge in [0.1, 0.15) is 5.82 Å². The monoisotopic (exact) mass is 183 g/mol. The summed E-state index contributed by atoms with van der Waals surface area (Å²) in [6.07, 6.45) is 0. The summed E-state index contributed by atoms with van der Waals surface area (Å²) in [5.74, 6) is -2.22. The highest BCUT2D eigenvalue weighted by molar-refractivity contribution is 6.36. The van der Waals surface area contributed by atoms with Crippen molar-refractivity contribution in [2.75, 3.05) is 5.32 Å². The Morgan fingerprint density at radius 2 is 2.23 bits per heavy atom. The number of carboxylic acid groups (broad SMARTS) is 1. The molecule has 0 fully saturated rings. The number of aryl methyl sites for hydroxylation is 2. The first-order chi connectivity index (χ1) is 6.00. The summed E-state index contributed by atoms with van der Waals surface area (Å²) in [6.45, 7) is 1.75. The van der Waals surface area contributed by atoms with Crippen LogP contribution >= 0.6 is 0 Å². The summed E-state index contributed by atoms with van der Waals surface area (Å²) in [5, 5.41) is 14.4. The van der Waals surface area contributed by atoms with Crippen LogP contribution in [0.15, 0.2) is 6.07 Å². The van der Waals surface area contributed by atoms with E-state index in [0.717, 1.165) is 0 Å². The van der Waals surface area contributed by atoms with Gasteiger partial charge in [-0.05, 0) is 6.92 Å². The summed E-state index contributed by atoms with van der Waals surface area (Å²) in [6, 6.07) is 1.58. The minimum atomic E-state index is -1.51. The molecule has 1 heterocycles. The molecule has 0 spiro atoms. The van der Waals surface area contributed by atoms with Crippen molar-refractivity contribution >= 4 is 17.7 Å². The molecular formula is C7H9N3O3. The fourth-order valence-corrected chi connectivity index (χ4v) is 0.897. The summed E-state index contributed by atoms with van der Waals surface area (Å²) in [5.41, 5.74) is 0.711. The quantitative estimate of drug-likeness (QED) is 0.588. The Bertz CT molecular complexity index is 356. The smallest absolute Gasteiger partial charge is 0.394 e. The molecule has 0 unspecified atom stereocenters. The van der Waals surface area contributed by atoms with E-state index in [-0.39, 0.29) is 0 Å². The topological polar surface area (TPSA) is 84.2 Å². The van der Waals surface area contributed by atoms with E-state index in [1.807, 2.05) is 0 Å². The average Bonchev–Trinajstić information content (AvgIpc) is 2.30. The van der Waals surface area contributed by atoms with Crippen LogP contribution in [0.2, 0.25) is 0 Å². The zero-order valence-corrected chi connectivity index (χ0v) is 7.24. The first kappa shape index (κ1) is 9.24. The molecule has 0 saturated carbocycles. The second-order valence-electron chi connectivity index (χ2n) is 2.55. The minimum Gasteiger partial charge on any atom is -0.474 e. The van der Waals surface area contributed by atoms with E-state index in [9.17, 15) is 9.59 Å². The van der Waals surface area contributed by atoms with Gasteiger partial charge in [0.15, 0.2) is 0 Å². The number of hydrogen-bond donors (Lipinski definition) is 2. The maximum Gasteiger partial charge on any atom is 0.394 e. The van der Waals surface area contributed by atoms with Crippen LogP contribution in [0.1, 0.15) is 5.69 Å². The Kier molecular flexibility index (Phi) is 2.32. The molecule has 0 aromatic carbocycles. The molecule has 1 rings (SSSR count). The summed E-state index contributed by atoms with van der Waals surface area (Å²) < 4.78 is 1.40. The molecular weight excluding hydrogens is 174 g/mol. The molecule has 0 atom stereocenters. The fraction of sp³-hybridized carbons (Fsp3) is 0.286. The van der Waals surface area contributed by atoms with Gasteiger partial charge in [-0.1, -0.05) is 0 Å². The fourth-order valence-electron chi connectivity index (χ4n) is 0.897. The SMILES string of the molecule is Cc1cc(NC(=O)C(=O)O)n(C)n1. The van der Waals surface area contributed by atoms with Crippen molar-refractivity contribution in [2.45, 2.75) is 6.92 Å². The molecule has 0 bridgehead atoms. The molecule has 0 radical (unpaired) electrons. The van der Waals surface area contributed by atoms with Crippen LogP contribution in [0.3, 0.4) is 0 Å². The second kappa shape index (κ2) is 3.26. The molecule has 6 nitrogen and oxygen atoms in total. The lowest BCUT2D eigenvalue weighted by Gasteiger charge is -2.00. The highest BCUT2D eigenvalue weighted by Crippen LogP contribution is 2.07. The van der Waals surface area contributed by atoms with Gasteiger partial charge >= 0.3 is 11.9 Å². The van der Waals surface area contributed by atoms with Gasteiger partial charge in [-0.3, -0.25) is 9.48 Å². The van der Waals surface area contributed by atoms with Gasteiger partial charge in [-0.25, -0.2) is 4.79 Å². The Balaban J connectivity index is 2.80. The molecule has 13 heavy (non-hydrogen) atoms. The molecule has 1 aromatic heterocycles. The van der Waals surface area contributed by atoms with Gasteiger partial charge in [0.25, 0.3) is 0 Å². The van der Waals surface area contributed by atoms with Crippen LogP contribution in [0.25, 0.3) is 0 Å². The third-order valence-electron chi connectivity index (χ3n) is 1.44. The van der Waals surface area contributed by atoms with E-state index < -0.39 is 11.9 Å². The van der Waals surface area contributed by atoms with Gasteiger partial charge in [-0.2, -0.15) is 5.10 Å². The second-order valence-corrected chi connectivity index (χ2v) is 2.55. The lowest BCUT2D eigenvalue weighted by Crippen LogP contribution is -2.23. The number of carbonyl (C=O) groups excluding carboxylic acids is 1. The largest absolute Gasteiger partial charge is 0.474 e. The van der Waals surface area contributed by atoms with Gasteiger partial charge in [0, 0.05) is 13.1 Å². The predicted molar refractivity (Wildman–Crippen MR) is 44.2 cm³/mol. The highest BCUT2D eigenvalue weighted by Gasteiger charge is 2.13. The molecule has 1 aromatic rings. The average molecular weight is 183 g/mol. The van der Waals surface area contributed by atoms with Crippen LogP contribution in [0, 0.1) is 6.92 Å². The van der Waals surface area contributed by atoms with E-state index in [2.05, 4.69) is 10.4 Å². The van der Waals surface area contributed by atoms with E-state index in [1.54, 1.807) is 20.0 Å². The Labute approximate surface area is 74.2 Å². The number of nitrogens with one attached hydrogen (secondary N) is 1. The molecule has 1 amide bonds. The van der Waals surface area contributed by atoms with Crippen LogP contribution in [0.4, 0.5) is 5.82 Å². The van der Waals surface area contributed by atoms with Gasteiger partial charge < -0.3 is 10.4 Å². The van der Waals surface area contributed by atoms with Crippen LogP contribution in [-0.2, 0) is 16.6 Å². The van der Waals surface area contributed by atoms with Gasteiger partial charge in [0.2, 0.25) is 0 Å². The van der Waals surface area contributed by atoms with E-state index in [4.69, 9.17) is 5.11 Å². The minimum absolute atomic E-state index is 0.366. The van der Waals surface area contributed by atoms with Crippen LogP contribution in [-0.4, -0.2) is 26.8 Å². The molecule has 0 aliphatic heterocycles. The van der Waals surface area contributed by atoms with Gasteiger partial charge in [-0.15, -0.1) is 0 Å². The number of aliphatic carboxylic acids is 1. The Morgan fingerprint density at radius 1 is 1.62 bits per heavy atom. The first-order valence-electron chi connectivity index (χ1n) is 3.55. The van der Waals surface area contributed by atoms with E-state index >= 15 is 0 Å². The van der Waals surface area contributed by atoms with E-state index in [0.29, 0.717) is 11.5 Å². The van der Waals surface area contributed by atoms with Crippen molar-refractivity contribution in [2.24, 2.45) is 7.05 Å². The van der Waals surface area contributed by atoms with Crippen molar-refractivity contribution in [1.82, 2.24) is 9.78 Å². The number of rotatable bonds is 1. The number of nitrogens with zero attached hydrogens (tertiary/aromatic N) is 2. The van der Waals surface area contributed by atoms with Gasteiger partial charge in [0.05, 0.1) is 5.69 Å². The van der Waals surface area contributed by atoms with Crippen LogP contribution in [0.5, 0.6) is 0 Å². The van der Waals surface area contributed by atoms with Crippen molar-refractivity contribution < 1.29 is 14.7 Å². The third-order valence-corrected chi connectivity index (χ3v) is 1.44. The standard InChI is InChI=1S/C7H9N3O3/c1-4-3-5(10(2)9-4)8-6(11)7(12)13/h3H,1-2H3,(H,8,11)(H,12,13). The zero-order valence-electron chi connectivity index (χ0n) is 7.24. The lowest BCUT2D eigenvalue weighted by atomic mass is 10.4. The summed E-state index contributed by atoms with van der Waals surface area (Å²) >= 11 is 0. The predicted octanol–water partition coefficient (Wildman–Crippen LogP) is -0.248. The Morgan fingerprint density at radius 3 is 2.62 bits per heavy atom. The molecule has 0 aliphatic rings. The highest BCUT2D eigenvalue weighted by atomic mass is 16.4. The molecule has 6 heteroatoms. The first-order valence-corrected chi connectivity index (χ1v) is 3.55. The number of carbonyl (C=O) groups is 2. The molecule has 0 saturated heterocycles. The van der Waals surface area contributed by atoms with Crippen LogP contribution < -0.4 is 5.32 Å². The van der Waals surface area contributed by atoms with E-state index in [1.165, 1.54) is 4.68 Å². The zero-order chi connectivity index (χ0) is 10.0. The Hall–Kier alpha value is -1.85. The maximum atomic E-state index is 10.7. The molecule has 0 aliphatic carbocycles. The van der Waals surface area contributed by atoms with Crippen molar-refractivity contribution in [1.29, 1.82) is 0 Å². The number of carboxylic acids is 1. The van der Waals surface area contributed by atoms with Crippen molar-refractivity contribution in [3.63, 3.8) is 0 Å². The maximum absolute atomic E-state index is 10.7. The third kappa shape index (κ3) is 2.05. The number of aromatic nitrogens is 2. The summed E-state index contributed by atoms with van der Waals surface area (Å²) in [7, 11) is 1.62. The lowest BCUT2D eigenvalue weighted by molar-refractivity contribution is -0.147. The number of amides is 1. The summed E-state index contributed by atoms with van der Waals surface area (Å²) in [4.78, 5) is 20.9. The number of hydrogen-bond acceptors (Lipinski definition) is 3. The molecule has 70 valence electrons. The number of anilines is 1. The normalized spacial score (nSPS) is 9.69. The van der Waals surface area contributed by atoms with Crippen molar-refractivity contribution in [3.05, 3.63) is 11.8 Å².